The summed E-state index contributed by atoms with van der Waals surface area (Å²) in [4.78, 5) is 10.9. The summed E-state index contributed by atoms with van der Waals surface area (Å²) in [5.74, 6) is 4.50. The summed E-state index contributed by atoms with van der Waals surface area (Å²) < 4.78 is 13.1. The van der Waals surface area contributed by atoms with E-state index in [1.165, 1.54) is 39.0 Å². The van der Waals surface area contributed by atoms with E-state index in [0.29, 0.717) is 11.3 Å². The van der Waals surface area contributed by atoms with Crippen LogP contribution < -0.4 is 5.32 Å². The highest BCUT2D eigenvalue weighted by Crippen LogP contribution is 2.16. The third kappa shape index (κ3) is 4.66. The summed E-state index contributed by atoms with van der Waals surface area (Å²) in [7, 11) is 0. The number of halogens is 1. The molecule has 4 heteroatoms. The third-order valence-corrected chi connectivity index (χ3v) is 1.80. The maximum absolute atomic E-state index is 13.1. The lowest BCUT2D eigenvalue weighted by Crippen LogP contribution is -2.14. The number of benzene rings is 1. The van der Waals surface area contributed by atoms with Crippen molar-refractivity contribution in [1.29, 1.82) is 0 Å². The number of anilines is 1. The number of amides is 1. The first-order valence-corrected chi connectivity index (χ1v) is 5.10. The molecule has 17 heavy (non-hydrogen) atoms. The lowest BCUT2D eigenvalue weighted by molar-refractivity contribution is -0.114. The first kappa shape index (κ1) is 13.2. The van der Waals surface area contributed by atoms with Crippen LogP contribution in [0.5, 0.6) is 0 Å². The Morgan fingerprint density at radius 3 is 2.65 bits per heavy atom. The van der Waals surface area contributed by atoms with Gasteiger partial charge in [-0.15, -0.1) is 0 Å². The number of hydrogen-bond donors (Lipinski definition) is 2. The predicted molar refractivity (Wildman–Crippen MR) is 63.9 cm³/mol. The van der Waals surface area contributed by atoms with Crippen molar-refractivity contribution in [3.05, 3.63) is 29.6 Å². The molecule has 0 saturated heterocycles. The van der Waals surface area contributed by atoms with Crippen LogP contribution >= 0.6 is 0 Å². The minimum absolute atomic E-state index is 0.261. The van der Waals surface area contributed by atoms with E-state index in [0.717, 1.165) is 0 Å². The molecule has 90 valence electrons. The number of carbonyl (C=O) groups excluding carboxylic acids is 1. The Kier molecular flexibility index (Phi) is 3.87. The highest BCUT2D eigenvalue weighted by Gasteiger charge is 2.08. The predicted octanol–water partition coefficient (Wildman–Crippen LogP) is 1.91. The maximum Gasteiger partial charge on any atom is 0.221 e. The molecule has 1 rings (SSSR count). The topological polar surface area (TPSA) is 49.3 Å². The molecule has 0 saturated carbocycles. The van der Waals surface area contributed by atoms with Crippen LogP contribution in [-0.4, -0.2) is 16.6 Å². The molecule has 3 nitrogen and oxygen atoms in total. The van der Waals surface area contributed by atoms with Crippen LogP contribution in [0.15, 0.2) is 18.2 Å². The van der Waals surface area contributed by atoms with Crippen LogP contribution in [0.1, 0.15) is 26.3 Å². The van der Waals surface area contributed by atoms with Crippen molar-refractivity contribution in [2.24, 2.45) is 0 Å². The van der Waals surface area contributed by atoms with Crippen molar-refractivity contribution in [2.45, 2.75) is 26.4 Å². The maximum atomic E-state index is 13.1. The summed E-state index contributed by atoms with van der Waals surface area (Å²) in [6.07, 6.45) is 0. The quantitative estimate of drug-likeness (QED) is 0.730. The van der Waals surface area contributed by atoms with Crippen LogP contribution in [0.2, 0.25) is 0 Å². The van der Waals surface area contributed by atoms with E-state index in [1.807, 2.05) is 0 Å². The lowest BCUT2D eigenvalue weighted by Gasteiger charge is -2.08. The summed E-state index contributed by atoms with van der Waals surface area (Å²) >= 11 is 0. The lowest BCUT2D eigenvalue weighted by atomic mass is 10.1. The van der Waals surface area contributed by atoms with Gasteiger partial charge in [0, 0.05) is 6.92 Å². The number of nitrogens with one attached hydrogen (secondary N) is 1. The molecule has 1 amide bonds. The summed E-state index contributed by atoms with van der Waals surface area (Å²) in [6, 6.07) is 3.88. The molecule has 2 N–H and O–H groups in total. The average Bonchev–Trinajstić information content (AvgIpc) is 2.16. The van der Waals surface area contributed by atoms with Crippen LogP contribution in [0.25, 0.3) is 0 Å². The molecule has 0 unspecified atom stereocenters. The van der Waals surface area contributed by atoms with Crippen LogP contribution in [0, 0.1) is 17.7 Å². The van der Waals surface area contributed by atoms with Gasteiger partial charge >= 0.3 is 0 Å². The van der Waals surface area contributed by atoms with Crippen molar-refractivity contribution < 1.29 is 14.3 Å². The van der Waals surface area contributed by atoms with Crippen LogP contribution in [0.3, 0.4) is 0 Å². The minimum atomic E-state index is -1.17. The smallest absolute Gasteiger partial charge is 0.221 e. The monoisotopic (exact) mass is 235 g/mol. The van der Waals surface area contributed by atoms with Crippen molar-refractivity contribution in [2.75, 3.05) is 5.32 Å². The number of rotatable bonds is 1. The van der Waals surface area contributed by atoms with Gasteiger partial charge in [0.05, 0.1) is 11.3 Å². The second kappa shape index (κ2) is 4.98. The zero-order valence-electron chi connectivity index (χ0n) is 9.97. The SMILES string of the molecule is CC(=O)Nc1ccc(F)cc1C#CC(C)(C)O. The highest BCUT2D eigenvalue weighted by molar-refractivity contribution is 5.90. The molecule has 0 aromatic heterocycles. The second-order valence-electron chi connectivity index (χ2n) is 4.18. The van der Waals surface area contributed by atoms with E-state index in [2.05, 4.69) is 17.2 Å². The number of hydrogen-bond acceptors (Lipinski definition) is 2. The highest BCUT2D eigenvalue weighted by atomic mass is 19.1. The van der Waals surface area contributed by atoms with Gasteiger partial charge in [-0.3, -0.25) is 4.79 Å². The van der Waals surface area contributed by atoms with Gasteiger partial charge in [-0.1, -0.05) is 11.8 Å². The van der Waals surface area contributed by atoms with Crippen molar-refractivity contribution in [1.82, 2.24) is 0 Å². The van der Waals surface area contributed by atoms with Gasteiger partial charge < -0.3 is 10.4 Å². The largest absolute Gasteiger partial charge is 0.378 e. The molecule has 0 heterocycles. The van der Waals surface area contributed by atoms with E-state index in [9.17, 15) is 14.3 Å². The van der Waals surface area contributed by atoms with Gasteiger partial charge in [0.25, 0.3) is 0 Å². The summed E-state index contributed by atoms with van der Waals surface area (Å²) in [6.45, 7) is 4.41. The Bertz CT molecular complexity index is 492. The summed E-state index contributed by atoms with van der Waals surface area (Å²) in [5.41, 5.74) is -0.405. The normalized spacial score (nSPS) is 10.4. The van der Waals surface area contributed by atoms with Gasteiger partial charge in [0.1, 0.15) is 11.4 Å². The fraction of sp³-hybridized carbons (Fsp3) is 0.308. The standard InChI is InChI=1S/C13H14FNO2/c1-9(16)15-12-5-4-11(14)8-10(12)6-7-13(2,3)17/h4-5,8,17H,1-3H3,(H,15,16). The molecular formula is C13H14FNO2. The third-order valence-electron chi connectivity index (χ3n) is 1.80. The van der Waals surface area contributed by atoms with Gasteiger partial charge in [-0.25, -0.2) is 4.39 Å². The Morgan fingerprint density at radius 1 is 1.47 bits per heavy atom. The van der Waals surface area contributed by atoms with Crippen LogP contribution in [0.4, 0.5) is 10.1 Å². The molecule has 0 fully saturated rings. The van der Waals surface area contributed by atoms with Gasteiger partial charge in [0.15, 0.2) is 0 Å². The van der Waals surface area contributed by atoms with Gasteiger partial charge in [0.2, 0.25) is 5.91 Å². The number of carbonyl (C=O) groups is 1. The second-order valence-corrected chi connectivity index (χ2v) is 4.18. The molecule has 0 aliphatic carbocycles. The molecule has 0 bridgehead atoms. The van der Waals surface area contributed by atoms with Crippen molar-refractivity contribution >= 4 is 11.6 Å². The first-order valence-electron chi connectivity index (χ1n) is 5.10. The molecule has 0 atom stereocenters. The van der Waals surface area contributed by atoms with E-state index in [-0.39, 0.29) is 5.91 Å². The van der Waals surface area contributed by atoms with Crippen molar-refractivity contribution in [3.63, 3.8) is 0 Å². The number of aliphatic hydroxyl groups is 1. The van der Waals surface area contributed by atoms with E-state index >= 15 is 0 Å². The zero-order valence-corrected chi connectivity index (χ0v) is 9.97. The fourth-order valence-corrected chi connectivity index (χ4v) is 1.14. The van der Waals surface area contributed by atoms with E-state index in [4.69, 9.17) is 0 Å². The molecule has 0 spiro atoms. The molecule has 0 radical (unpaired) electrons. The molecule has 0 aliphatic heterocycles. The Balaban J connectivity index is 3.14. The summed E-state index contributed by atoms with van der Waals surface area (Å²) in [5, 5.41) is 12.0. The Hall–Kier alpha value is -1.86. The molecular weight excluding hydrogens is 221 g/mol. The first-order chi connectivity index (χ1) is 7.78. The molecule has 0 aliphatic rings. The van der Waals surface area contributed by atoms with Crippen LogP contribution in [-0.2, 0) is 4.79 Å². The van der Waals surface area contributed by atoms with E-state index in [1.54, 1.807) is 0 Å². The van der Waals surface area contributed by atoms with Gasteiger partial charge in [-0.2, -0.15) is 0 Å². The molecule has 1 aromatic carbocycles. The average molecular weight is 235 g/mol. The molecule has 1 aromatic rings. The zero-order chi connectivity index (χ0) is 13.1. The Morgan fingerprint density at radius 2 is 2.12 bits per heavy atom. The minimum Gasteiger partial charge on any atom is -0.378 e. The Labute approximate surface area is 99.7 Å². The fourth-order valence-electron chi connectivity index (χ4n) is 1.14. The van der Waals surface area contributed by atoms with Crippen molar-refractivity contribution in [3.8, 4) is 11.8 Å². The van der Waals surface area contributed by atoms with E-state index < -0.39 is 11.4 Å². The van der Waals surface area contributed by atoms with Gasteiger partial charge in [-0.05, 0) is 32.0 Å².